The number of anilines is 1. The van der Waals surface area contributed by atoms with Gasteiger partial charge in [0.1, 0.15) is 0 Å². The lowest BCUT2D eigenvalue weighted by molar-refractivity contribution is -0.185. The van der Waals surface area contributed by atoms with Gasteiger partial charge in [-0.25, -0.2) is 0 Å². The number of nitrogens with zero attached hydrogens (tertiary/aromatic N) is 1. The Morgan fingerprint density at radius 2 is 2.00 bits per heavy atom. The summed E-state index contributed by atoms with van der Waals surface area (Å²) in [6.45, 7) is 2.33. The SMILES string of the molecule is CCN(Cc1cccc(NC(=O)C(N)C2CCOCC2)c1)C(=O)C(F)(F)F. The number of rotatable bonds is 6. The summed E-state index contributed by atoms with van der Waals surface area (Å²) >= 11 is 0. The van der Waals surface area contributed by atoms with E-state index in [0.717, 1.165) is 0 Å². The van der Waals surface area contributed by atoms with E-state index in [1.54, 1.807) is 24.3 Å². The van der Waals surface area contributed by atoms with Crippen LogP contribution in [-0.2, 0) is 20.9 Å². The Hall–Kier alpha value is -2.13. The number of ether oxygens (including phenoxy) is 1. The molecule has 1 atom stereocenters. The van der Waals surface area contributed by atoms with Crippen molar-refractivity contribution >= 4 is 17.5 Å². The van der Waals surface area contributed by atoms with Crippen molar-refractivity contribution in [3.05, 3.63) is 29.8 Å². The van der Waals surface area contributed by atoms with Crippen LogP contribution in [0.3, 0.4) is 0 Å². The molecule has 150 valence electrons. The van der Waals surface area contributed by atoms with Crippen molar-refractivity contribution in [2.45, 2.75) is 38.5 Å². The highest BCUT2D eigenvalue weighted by atomic mass is 19.4. The Labute approximate surface area is 155 Å². The molecule has 1 aromatic rings. The number of hydrogen-bond acceptors (Lipinski definition) is 4. The first kappa shape index (κ1) is 21.2. The minimum absolute atomic E-state index is 0.0296. The minimum Gasteiger partial charge on any atom is -0.381 e. The van der Waals surface area contributed by atoms with Gasteiger partial charge in [-0.05, 0) is 43.4 Å². The molecule has 1 aromatic carbocycles. The van der Waals surface area contributed by atoms with Gasteiger partial charge in [-0.1, -0.05) is 12.1 Å². The van der Waals surface area contributed by atoms with Crippen LogP contribution in [0.2, 0.25) is 0 Å². The van der Waals surface area contributed by atoms with E-state index in [1.165, 1.54) is 6.92 Å². The first-order valence-corrected chi connectivity index (χ1v) is 8.81. The van der Waals surface area contributed by atoms with Crippen LogP contribution >= 0.6 is 0 Å². The van der Waals surface area contributed by atoms with Gasteiger partial charge in [-0.3, -0.25) is 9.59 Å². The van der Waals surface area contributed by atoms with E-state index >= 15 is 0 Å². The standard InChI is InChI=1S/C18H24F3N3O3/c1-2-24(17(26)18(19,20)21)11-12-4-3-5-14(10-12)23-16(25)15(22)13-6-8-27-9-7-13/h3-5,10,13,15H,2,6-9,11,22H2,1H3,(H,23,25). The van der Waals surface area contributed by atoms with Gasteiger partial charge in [0.15, 0.2) is 0 Å². The van der Waals surface area contributed by atoms with Crippen molar-refractivity contribution in [1.82, 2.24) is 4.90 Å². The fourth-order valence-corrected chi connectivity index (χ4v) is 2.99. The van der Waals surface area contributed by atoms with Crippen LogP contribution in [0, 0.1) is 5.92 Å². The third-order valence-corrected chi connectivity index (χ3v) is 4.56. The largest absolute Gasteiger partial charge is 0.471 e. The summed E-state index contributed by atoms with van der Waals surface area (Å²) in [4.78, 5) is 24.5. The molecule has 1 fully saturated rings. The molecule has 2 amide bonds. The van der Waals surface area contributed by atoms with E-state index < -0.39 is 18.1 Å². The Morgan fingerprint density at radius 1 is 1.33 bits per heavy atom. The van der Waals surface area contributed by atoms with Crippen molar-refractivity contribution < 1.29 is 27.5 Å². The van der Waals surface area contributed by atoms with Gasteiger partial charge < -0.3 is 20.7 Å². The molecule has 0 radical (unpaired) electrons. The molecule has 1 aliphatic heterocycles. The summed E-state index contributed by atoms with van der Waals surface area (Å²) in [5.74, 6) is -2.21. The Morgan fingerprint density at radius 3 is 2.59 bits per heavy atom. The maximum absolute atomic E-state index is 12.6. The Kier molecular flexibility index (Phi) is 7.20. The van der Waals surface area contributed by atoms with Crippen molar-refractivity contribution in [2.75, 3.05) is 25.1 Å². The number of nitrogens with one attached hydrogen (secondary N) is 1. The molecule has 0 saturated carbocycles. The second-order valence-corrected chi connectivity index (χ2v) is 6.48. The number of amides is 2. The predicted molar refractivity (Wildman–Crippen MR) is 93.7 cm³/mol. The molecule has 1 saturated heterocycles. The van der Waals surface area contributed by atoms with Crippen LogP contribution in [0.5, 0.6) is 0 Å². The Balaban J connectivity index is 2.01. The van der Waals surface area contributed by atoms with Crippen molar-refractivity contribution in [2.24, 2.45) is 11.7 Å². The van der Waals surface area contributed by atoms with Gasteiger partial charge >= 0.3 is 12.1 Å². The molecule has 6 nitrogen and oxygen atoms in total. The van der Waals surface area contributed by atoms with Crippen molar-refractivity contribution in [3.63, 3.8) is 0 Å². The fraction of sp³-hybridized carbons (Fsp3) is 0.556. The van der Waals surface area contributed by atoms with Crippen molar-refractivity contribution in [1.29, 1.82) is 0 Å². The monoisotopic (exact) mass is 387 g/mol. The van der Waals surface area contributed by atoms with Crippen LogP contribution in [0.25, 0.3) is 0 Å². The molecule has 0 spiro atoms. The number of hydrogen-bond donors (Lipinski definition) is 2. The van der Waals surface area contributed by atoms with E-state index in [9.17, 15) is 22.8 Å². The van der Waals surface area contributed by atoms with Gasteiger partial charge in [0.2, 0.25) is 5.91 Å². The van der Waals surface area contributed by atoms with E-state index in [0.29, 0.717) is 42.2 Å². The summed E-state index contributed by atoms with van der Waals surface area (Å²) in [6.07, 6.45) is -3.50. The smallest absolute Gasteiger partial charge is 0.381 e. The number of halogens is 3. The van der Waals surface area contributed by atoms with Crippen LogP contribution in [0.4, 0.5) is 18.9 Å². The maximum atomic E-state index is 12.6. The molecule has 1 heterocycles. The number of carbonyl (C=O) groups excluding carboxylic acids is 2. The van der Waals surface area contributed by atoms with Crippen LogP contribution in [0.1, 0.15) is 25.3 Å². The summed E-state index contributed by atoms with van der Waals surface area (Å²) in [7, 11) is 0. The molecule has 3 N–H and O–H groups in total. The van der Waals surface area contributed by atoms with Gasteiger partial charge in [-0.15, -0.1) is 0 Å². The van der Waals surface area contributed by atoms with Gasteiger partial charge in [0.05, 0.1) is 6.04 Å². The topological polar surface area (TPSA) is 84.7 Å². The second kappa shape index (κ2) is 9.18. The summed E-state index contributed by atoms with van der Waals surface area (Å²) in [5.41, 5.74) is 6.93. The quantitative estimate of drug-likeness (QED) is 0.784. The lowest BCUT2D eigenvalue weighted by Crippen LogP contribution is -2.44. The second-order valence-electron chi connectivity index (χ2n) is 6.48. The normalized spacial score (nSPS) is 16.6. The van der Waals surface area contributed by atoms with Crippen molar-refractivity contribution in [3.8, 4) is 0 Å². The molecule has 0 aliphatic carbocycles. The van der Waals surface area contributed by atoms with E-state index in [1.807, 2.05) is 0 Å². The highest BCUT2D eigenvalue weighted by molar-refractivity contribution is 5.95. The zero-order valence-corrected chi connectivity index (χ0v) is 15.1. The molecule has 1 unspecified atom stereocenters. The number of carbonyl (C=O) groups is 2. The summed E-state index contributed by atoms with van der Waals surface area (Å²) < 4.78 is 43.2. The highest BCUT2D eigenvalue weighted by Gasteiger charge is 2.41. The van der Waals surface area contributed by atoms with Gasteiger partial charge in [0.25, 0.3) is 0 Å². The minimum atomic E-state index is -4.92. The highest BCUT2D eigenvalue weighted by Crippen LogP contribution is 2.22. The zero-order chi connectivity index (χ0) is 20.0. The lowest BCUT2D eigenvalue weighted by atomic mass is 9.92. The third-order valence-electron chi connectivity index (χ3n) is 4.56. The summed E-state index contributed by atoms with van der Waals surface area (Å²) in [5, 5.41) is 2.70. The number of nitrogens with two attached hydrogens (primary N) is 1. The fourth-order valence-electron chi connectivity index (χ4n) is 2.99. The molecule has 27 heavy (non-hydrogen) atoms. The first-order valence-electron chi connectivity index (χ1n) is 8.81. The van der Waals surface area contributed by atoms with Gasteiger partial charge in [-0.2, -0.15) is 13.2 Å². The number of benzene rings is 1. The first-order chi connectivity index (χ1) is 12.7. The van der Waals surface area contributed by atoms with Gasteiger partial charge in [0, 0.05) is 32.0 Å². The molecule has 1 aliphatic rings. The molecule has 0 aromatic heterocycles. The average molecular weight is 387 g/mol. The predicted octanol–water partition coefficient (Wildman–Crippen LogP) is 2.29. The van der Waals surface area contributed by atoms with E-state index in [4.69, 9.17) is 10.5 Å². The molecule has 9 heteroatoms. The van der Waals surface area contributed by atoms with E-state index in [2.05, 4.69) is 5.32 Å². The van der Waals surface area contributed by atoms with Crippen LogP contribution in [0.15, 0.2) is 24.3 Å². The maximum Gasteiger partial charge on any atom is 0.471 e. The number of alkyl halides is 3. The molecular weight excluding hydrogens is 363 g/mol. The lowest BCUT2D eigenvalue weighted by Gasteiger charge is -2.27. The molecule has 2 rings (SSSR count). The summed E-state index contributed by atoms with van der Waals surface area (Å²) in [6, 6.07) is 5.69. The Bertz CT molecular complexity index is 661. The third kappa shape index (κ3) is 5.93. The van der Waals surface area contributed by atoms with E-state index in [-0.39, 0.29) is 24.9 Å². The average Bonchev–Trinajstić information content (AvgIpc) is 2.65. The van der Waals surface area contributed by atoms with Crippen LogP contribution < -0.4 is 11.1 Å². The van der Waals surface area contributed by atoms with Crippen LogP contribution in [-0.4, -0.2) is 48.7 Å². The molecule has 0 bridgehead atoms. The zero-order valence-electron chi connectivity index (χ0n) is 15.1. The molecular formula is C18H24F3N3O3.